The topological polar surface area (TPSA) is 28.0 Å². The van der Waals surface area contributed by atoms with Gasteiger partial charge in [0.25, 0.3) is 0 Å². The molecular weight excluding hydrogens is 162 g/mol. The van der Waals surface area contributed by atoms with Crippen LogP contribution in [0.5, 0.6) is 5.75 Å². The van der Waals surface area contributed by atoms with Crippen molar-refractivity contribution in [3.8, 4) is 11.4 Å². The number of rotatable bonds is 1. The highest BCUT2D eigenvalue weighted by atomic mass is 16.3. The third-order valence-corrected chi connectivity index (χ3v) is 2.02. The summed E-state index contributed by atoms with van der Waals surface area (Å²) in [7, 11) is 0. The first-order valence-corrected chi connectivity index (χ1v) is 4.19. The summed E-state index contributed by atoms with van der Waals surface area (Å²) in [6, 6.07) is 11.5. The van der Waals surface area contributed by atoms with Gasteiger partial charge in [-0.3, -0.25) is 0 Å². The zero-order chi connectivity index (χ0) is 9.26. The quantitative estimate of drug-likeness (QED) is 0.645. The summed E-state index contributed by atoms with van der Waals surface area (Å²) < 4.78 is 1.89. The highest BCUT2D eigenvalue weighted by Crippen LogP contribution is 2.16. The predicted molar refractivity (Wildman–Crippen MR) is 50.0 cm³/mol. The largest absolute Gasteiger partial charge is 0.871 e. The fourth-order valence-electron chi connectivity index (χ4n) is 1.41. The van der Waals surface area contributed by atoms with Crippen molar-refractivity contribution < 1.29 is 5.11 Å². The highest BCUT2D eigenvalue weighted by Gasteiger charge is 1.97. The van der Waals surface area contributed by atoms with Crippen molar-refractivity contribution >= 4 is 0 Å². The van der Waals surface area contributed by atoms with Crippen LogP contribution in [0.2, 0.25) is 0 Å². The molecule has 0 radical (unpaired) electrons. The molecule has 0 atom stereocenters. The van der Waals surface area contributed by atoms with Crippen molar-refractivity contribution in [2.45, 2.75) is 6.92 Å². The van der Waals surface area contributed by atoms with Gasteiger partial charge in [-0.05, 0) is 25.1 Å². The molecule has 0 amide bonds. The van der Waals surface area contributed by atoms with Crippen LogP contribution in [0.1, 0.15) is 5.69 Å². The Morgan fingerprint density at radius 3 is 2.38 bits per heavy atom. The van der Waals surface area contributed by atoms with Gasteiger partial charge in [-0.15, -0.1) is 0 Å². The molecule has 2 nitrogen and oxygen atoms in total. The minimum atomic E-state index is 0.0568. The number of hydrogen-bond donors (Lipinski definition) is 0. The van der Waals surface area contributed by atoms with Gasteiger partial charge in [0.05, 0.1) is 0 Å². The lowest BCUT2D eigenvalue weighted by Crippen LogP contribution is -1.93. The average Bonchev–Trinajstić information content (AvgIpc) is 2.47. The lowest BCUT2D eigenvalue weighted by molar-refractivity contribution is -0.268. The third kappa shape index (κ3) is 1.43. The Hall–Kier alpha value is -1.70. The van der Waals surface area contributed by atoms with E-state index in [9.17, 15) is 5.11 Å². The van der Waals surface area contributed by atoms with E-state index in [1.54, 1.807) is 12.3 Å². The van der Waals surface area contributed by atoms with E-state index in [0.717, 1.165) is 11.4 Å². The van der Waals surface area contributed by atoms with E-state index in [2.05, 4.69) is 0 Å². The standard InChI is InChI=1S/C11H11NO/c1-9-7-11(13)8-12(9)10-5-3-2-4-6-10/h2-8,13H,1H3/p-1. The molecule has 0 aliphatic carbocycles. The molecule has 1 aromatic carbocycles. The second kappa shape index (κ2) is 2.98. The van der Waals surface area contributed by atoms with E-state index in [4.69, 9.17) is 0 Å². The molecule has 2 aromatic rings. The molecule has 0 fully saturated rings. The molecule has 0 aliphatic rings. The van der Waals surface area contributed by atoms with Crippen molar-refractivity contribution in [2.75, 3.05) is 0 Å². The fourth-order valence-corrected chi connectivity index (χ4v) is 1.41. The summed E-state index contributed by atoms with van der Waals surface area (Å²) in [4.78, 5) is 0. The van der Waals surface area contributed by atoms with Gasteiger partial charge in [0, 0.05) is 17.6 Å². The van der Waals surface area contributed by atoms with Crippen molar-refractivity contribution in [2.24, 2.45) is 0 Å². The number of aromatic nitrogens is 1. The molecular formula is C11H10NO-. The Morgan fingerprint density at radius 2 is 1.85 bits per heavy atom. The molecule has 66 valence electrons. The summed E-state index contributed by atoms with van der Waals surface area (Å²) in [5.41, 5.74) is 2.00. The molecule has 0 saturated heterocycles. The van der Waals surface area contributed by atoms with Crippen molar-refractivity contribution in [1.29, 1.82) is 0 Å². The molecule has 0 bridgehead atoms. The van der Waals surface area contributed by atoms with E-state index >= 15 is 0 Å². The van der Waals surface area contributed by atoms with Crippen LogP contribution in [0.3, 0.4) is 0 Å². The molecule has 0 spiro atoms. The van der Waals surface area contributed by atoms with E-state index in [-0.39, 0.29) is 5.75 Å². The zero-order valence-electron chi connectivity index (χ0n) is 7.40. The number of aryl methyl sites for hydroxylation is 1. The van der Waals surface area contributed by atoms with Gasteiger partial charge in [0.2, 0.25) is 0 Å². The minimum absolute atomic E-state index is 0.0568. The Kier molecular flexibility index (Phi) is 1.81. The van der Waals surface area contributed by atoms with Crippen LogP contribution in [0, 0.1) is 6.92 Å². The molecule has 0 aliphatic heterocycles. The second-order valence-corrected chi connectivity index (χ2v) is 3.02. The summed E-state index contributed by atoms with van der Waals surface area (Å²) in [5, 5.41) is 11.1. The van der Waals surface area contributed by atoms with E-state index in [0.29, 0.717) is 0 Å². The number of hydrogen-bond acceptors (Lipinski definition) is 1. The summed E-state index contributed by atoms with van der Waals surface area (Å²) in [6.07, 6.45) is 1.60. The monoisotopic (exact) mass is 172 g/mol. The van der Waals surface area contributed by atoms with Crippen LogP contribution >= 0.6 is 0 Å². The minimum Gasteiger partial charge on any atom is -0.871 e. The second-order valence-electron chi connectivity index (χ2n) is 3.02. The Bertz CT molecular complexity index is 403. The molecule has 2 rings (SSSR count). The van der Waals surface area contributed by atoms with Crippen LogP contribution in [0.15, 0.2) is 42.6 Å². The number of benzene rings is 1. The number of para-hydroxylation sites is 1. The van der Waals surface area contributed by atoms with Gasteiger partial charge < -0.3 is 9.67 Å². The molecule has 0 unspecified atom stereocenters. The van der Waals surface area contributed by atoms with Gasteiger partial charge in [-0.1, -0.05) is 23.9 Å². The molecule has 1 heterocycles. The summed E-state index contributed by atoms with van der Waals surface area (Å²) in [6.45, 7) is 1.92. The maximum atomic E-state index is 11.1. The Labute approximate surface area is 77.1 Å². The lowest BCUT2D eigenvalue weighted by Gasteiger charge is -2.05. The molecule has 13 heavy (non-hydrogen) atoms. The van der Waals surface area contributed by atoms with Crippen molar-refractivity contribution in [3.05, 3.63) is 48.3 Å². The van der Waals surface area contributed by atoms with Crippen molar-refractivity contribution in [3.63, 3.8) is 0 Å². The molecule has 0 N–H and O–H groups in total. The Balaban J connectivity index is 2.53. The first-order chi connectivity index (χ1) is 6.27. The normalized spacial score (nSPS) is 10.2. The SMILES string of the molecule is Cc1cc([O-])cn1-c1ccccc1. The van der Waals surface area contributed by atoms with Gasteiger partial charge in [0.1, 0.15) is 0 Å². The fraction of sp³-hybridized carbons (Fsp3) is 0.0909. The van der Waals surface area contributed by atoms with E-state index < -0.39 is 0 Å². The van der Waals surface area contributed by atoms with Gasteiger partial charge in [-0.25, -0.2) is 0 Å². The predicted octanol–water partition coefficient (Wildman–Crippen LogP) is 1.86. The van der Waals surface area contributed by atoms with Crippen LogP contribution < -0.4 is 5.11 Å². The van der Waals surface area contributed by atoms with Gasteiger partial charge in [-0.2, -0.15) is 0 Å². The summed E-state index contributed by atoms with van der Waals surface area (Å²) in [5.74, 6) is 0.0568. The number of nitrogens with zero attached hydrogens (tertiary/aromatic N) is 1. The van der Waals surface area contributed by atoms with Crippen LogP contribution in [-0.2, 0) is 0 Å². The molecule has 0 saturated carbocycles. The van der Waals surface area contributed by atoms with Gasteiger partial charge in [0.15, 0.2) is 0 Å². The van der Waals surface area contributed by atoms with Crippen LogP contribution in [0.4, 0.5) is 0 Å². The van der Waals surface area contributed by atoms with Crippen LogP contribution in [-0.4, -0.2) is 4.57 Å². The molecule has 1 aromatic heterocycles. The lowest BCUT2D eigenvalue weighted by atomic mass is 10.3. The first kappa shape index (κ1) is 7.92. The highest BCUT2D eigenvalue weighted by molar-refractivity contribution is 5.37. The smallest absolute Gasteiger partial charge is 0.0451 e. The third-order valence-electron chi connectivity index (χ3n) is 2.02. The maximum absolute atomic E-state index is 11.1. The first-order valence-electron chi connectivity index (χ1n) is 4.19. The van der Waals surface area contributed by atoms with Crippen LogP contribution in [0.25, 0.3) is 5.69 Å². The Morgan fingerprint density at radius 1 is 1.15 bits per heavy atom. The van der Waals surface area contributed by atoms with Gasteiger partial charge >= 0.3 is 0 Å². The maximum Gasteiger partial charge on any atom is 0.0451 e. The van der Waals surface area contributed by atoms with E-state index in [1.807, 2.05) is 41.8 Å². The zero-order valence-corrected chi connectivity index (χ0v) is 7.40. The molecule has 2 heteroatoms. The van der Waals surface area contributed by atoms with Crippen molar-refractivity contribution in [1.82, 2.24) is 4.57 Å². The average molecular weight is 172 g/mol. The summed E-state index contributed by atoms with van der Waals surface area (Å²) >= 11 is 0. The van der Waals surface area contributed by atoms with E-state index in [1.165, 1.54) is 0 Å².